The highest BCUT2D eigenvalue weighted by molar-refractivity contribution is 7.92. The molecule has 0 unspecified atom stereocenters. The van der Waals surface area contributed by atoms with E-state index in [0.29, 0.717) is 12.0 Å². The second kappa shape index (κ2) is 9.55. The Kier molecular flexibility index (Phi) is 6.99. The summed E-state index contributed by atoms with van der Waals surface area (Å²) in [5.74, 6) is -1.25. The summed E-state index contributed by atoms with van der Waals surface area (Å²) >= 11 is 6.13. The number of rotatable bonds is 7. The maximum Gasteiger partial charge on any atom is 0.274 e. The first-order valence-corrected chi connectivity index (χ1v) is 11.5. The van der Waals surface area contributed by atoms with Gasteiger partial charge in [-0.2, -0.15) is 0 Å². The van der Waals surface area contributed by atoms with E-state index in [0.717, 1.165) is 22.5 Å². The molecule has 1 amide bonds. The van der Waals surface area contributed by atoms with Gasteiger partial charge < -0.3 is 5.32 Å². The monoisotopic (exact) mass is 491 g/mol. The molecule has 0 saturated heterocycles. The number of benzene rings is 3. The minimum absolute atomic E-state index is 0.00411. The zero-order valence-corrected chi connectivity index (χ0v) is 19.2. The standard InChI is InChI=1S/C22H19ClFN3O5S/c1-3-14-4-7-16(12-21(14)27(29)30)25-22(28)19-13-18(10-11-20(19)23)33(31,32)26(2)17-8-5-15(24)6-9-17/h4-13H,3H2,1-2H3,(H,25,28). The van der Waals surface area contributed by atoms with Crippen LogP contribution in [0.2, 0.25) is 5.02 Å². The van der Waals surface area contributed by atoms with Gasteiger partial charge in [-0.05, 0) is 55.0 Å². The van der Waals surface area contributed by atoms with E-state index in [1.807, 2.05) is 0 Å². The van der Waals surface area contributed by atoms with Crippen LogP contribution in [0.3, 0.4) is 0 Å². The second-order valence-corrected chi connectivity index (χ2v) is 9.38. The van der Waals surface area contributed by atoms with Crippen molar-refractivity contribution in [3.63, 3.8) is 0 Å². The number of nitrogens with one attached hydrogen (secondary N) is 1. The first-order chi connectivity index (χ1) is 15.5. The van der Waals surface area contributed by atoms with Gasteiger partial charge in [0.05, 0.1) is 26.1 Å². The number of halogens is 2. The van der Waals surface area contributed by atoms with Gasteiger partial charge in [-0.15, -0.1) is 0 Å². The first kappa shape index (κ1) is 24.1. The highest BCUT2D eigenvalue weighted by atomic mass is 35.5. The Morgan fingerprint density at radius 2 is 1.79 bits per heavy atom. The van der Waals surface area contributed by atoms with Gasteiger partial charge in [-0.25, -0.2) is 12.8 Å². The summed E-state index contributed by atoms with van der Waals surface area (Å²) in [6.45, 7) is 1.77. The van der Waals surface area contributed by atoms with Gasteiger partial charge in [0, 0.05) is 24.4 Å². The maximum atomic E-state index is 13.2. The molecular weight excluding hydrogens is 473 g/mol. The van der Waals surface area contributed by atoms with E-state index >= 15 is 0 Å². The van der Waals surface area contributed by atoms with Crippen LogP contribution in [0.4, 0.5) is 21.5 Å². The van der Waals surface area contributed by atoms with Gasteiger partial charge in [0.25, 0.3) is 21.6 Å². The van der Waals surface area contributed by atoms with Crippen molar-refractivity contribution in [1.29, 1.82) is 0 Å². The Balaban J connectivity index is 1.92. The van der Waals surface area contributed by atoms with Crippen LogP contribution in [0.15, 0.2) is 65.6 Å². The van der Waals surface area contributed by atoms with E-state index in [4.69, 9.17) is 11.6 Å². The zero-order valence-electron chi connectivity index (χ0n) is 17.6. The van der Waals surface area contributed by atoms with Crippen molar-refractivity contribution in [3.05, 3.63) is 92.7 Å². The fourth-order valence-electron chi connectivity index (χ4n) is 3.10. The van der Waals surface area contributed by atoms with Gasteiger partial charge in [0.2, 0.25) is 0 Å². The normalized spacial score (nSPS) is 11.2. The number of hydrogen-bond acceptors (Lipinski definition) is 5. The molecule has 33 heavy (non-hydrogen) atoms. The van der Waals surface area contributed by atoms with Crippen molar-refractivity contribution in [2.24, 2.45) is 0 Å². The fraction of sp³-hybridized carbons (Fsp3) is 0.136. The Morgan fingerprint density at radius 1 is 1.12 bits per heavy atom. The summed E-state index contributed by atoms with van der Waals surface area (Å²) in [5.41, 5.74) is 0.622. The van der Waals surface area contributed by atoms with Gasteiger partial charge in [0.15, 0.2) is 0 Å². The molecule has 172 valence electrons. The predicted molar refractivity (Wildman–Crippen MR) is 124 cm³/mol. The molecule has 0 aliphatic heterocycles. The van der Waals surface area contributed by atoms with Crippen LogP contribution in [0.5, 0.6) is 0 Å². The number of amides is 1. The summed E-state index contributed by atoms with van der Waals surface area (Å²) in [6, 6.07) is 12.8. The molecule has 0 bridgehead atoms. The average molecular weight is 492 g/mol. The topological polar surface area (TPSA) is 110 Å². The molecule has 0 radical (unpaired) electrons. The van der Waals surface area contributed by atoms with E-state index in [2.05, 4.69) is 5.32 Å². The lowest BCUT2D eigenvalue weighted by Gasteiger charge is -2.20. The molecule has 0 atom stereocenters. The van der Waals surface area contributed by atoms with E-state index in [9.17, 15) is 27.7 Å². The number of aryl methyl sites for hydroxylation is 1. The minimum Gasteiger partial charge on any atom is -0.322 e. The van der Waals surface area contributed by atoms with E-state index in [1.165, 1.54) is 49.5 Å². The Bertz CT molecular complexity index is 1330. The molecule has 0 spiro atoms. The van der Waals surface area contributed by atoms with Crippen LogP contribution in [0.25, 0.3) is 0 Å². The smallest absolute Gasteiger partial charge is 0.274 e. The van der Waals surface area contributed by atoms with Crippen molar-refractivity contribution in [3.8, 4) is 0 Å². The maximum absolute atomic E-state index is 13.2. The molecule has 1 N–H and O–H groups in total. The number of sulfonamides is 1. The molecule has 3 rings (SSSR count). The van der Waals surface area contributed by atoms with E-state index < -0.39 is 26.7 Å². The number of nitrogens with zero attached hydrogens (tertiary/aromatic N) is 2. The largest absolute Gasteiger partial charge is 0.322 e. The molecule has 3 aromatic rings. The van der Waals surface area contributed by atoms with Gasteiger partial charge in [-0.3, -0.25) is 19.2 Å². The molecule has 11 heteroatoms. The molecule has 0 aliphatic rings. The SMILES string of the molecule is CCc1ccc(NC(=O)c2cc(S(=O)(=O)N(C)c3ccc(F)cc3)ccc2Cl)cc1[N+](=O)[O-]. The van der Waals surface area contributed by atoms with Gasteiger partial charge in [0.1, 0.15) is 5.82 Å². The highest BCUT2D eigenvalue weighted by Crippen LogP contribution is 2.28. The molecule has 3 aromatic carbocycles. The quantitative estimate of drug-likeness (QED) is 0.368. The summed E-state index contributed by atoms with van der Waals surface area (Å²) < 4.78 is 40.2. The third-order valence-corrected chi connectivity index (χ3v) is 7.06. The third kappa shape index (κ3) is 5.12. The van der Waals surface area contributed by atoms with Crippen molar-refractivity contribution < 1.29 is 22.5 Å². The molecule has 0 fully saturated rings. The van der Waals surface area contributed by atoms with Crippen LogP contribution >= 0.6 is 11.6 Å². The molecule has 8 nitrogen and oxygen atoms in total. The van der Waals surface area contributed by atoms with Crippen LogP contribution in [-0.4, -0.2) is 26.3 Å². The van der Waals surface area contributed by atoms with E-state index in [1.54, 1.807) is 6.92 Å². The first-order valence-electron chi connectivity index (χ1n) is 9.67. The molecule has 0 aliphatic carbocycles. The number of hydrogen-bond donors (Lipinski definition) is 1. The summed E-state index contributed by atoms with van der Waals surface area (Å²) in [7, 11) is -2.80. The predicted octanol–water partition coefficient (Wildman–Crippen LogP) is 5.03. The van der Waals surface area contributed by atoms with Crippen LogP contribution in [0, 0.1) is 15.9 Å². The number of carbonyl (C=O) groups is 1. The minimum atomic E-state index is -4.09. The van der Waals surface area contributed by atoms with Crippen molar-refractivity contribution in [1.82, 2.24) is 0 Å². The number of anilines is 2. The van der Waals surface area contributed by atoms with E-state index in [-0.39, 0.29) is 32.5 Å². The highest BCUT2D eigenvalue weighted by Gasteiger charge is 2.24. The Labute approximate surface area is 194 Å². The lowest BCUT2D eigenvalue weighted by atomic mass is 10.1. The molecule has 0 heterocycles. The van der Waals surface area contributed by atoms with Gasteiger partial charge in [-0.1, -0.05) is 24.6 Å². The van der Waals surface area contributed by atoms with Crippen molar-refractivity contribution in [2.45, 2.75) is 18.2 Å². The summed E-state index contributed by atoms with van der Waals surface area (Å²) in [4.78, 5) is 23.3. The Morgan fingerprint density at radius 3 is 2.39 bits per heavy atom. The number of carbonyl (C=O) groups excluding carboxylic acids is 1. The van der Waals surface area contributed by atoms with Crippen LogP contribution < -0.4 is 9.62 Å². The lowest BCUT2D eigenvalue weighted by molar-refractivity contribution is -0.385. The van der Waals surface area contributed by atoms with Crippen molar-refractivity contribution >= 4 is 44.6 Å². The fourth-order valence-corrected chi connectivity index (χ4v) is 4.52. The lowest BCUT2D eigenvalue weighted by Crippen LogP contribution is -2.27. The summed E-state index contributed by atoms with van der Waals surface area (Å²) in [6.07, 6.45) is 0.442. The van der Waals surface area contributed by atoms with Gasteiger partial charge >= 0.3 is 0 Å². The molecule has 0 aromatic heterocycles. The Hall–Kier alpha value is -3.50. The van der Waals surface area contributed by atoms with Crippen LogP contribution in [0.1, 0.15) is 22.8 Å². The zero-order chi connectivity index (χ0) is 24.3. The molecular formula is C22H19ClFN3O5S. The molecule has 0 saturated carbocycles. The second-order valence-electron chi connectivity index (χ2n) is 7.00. The summed E-state index contributed by atoms with van der Waals surface area (Å²) in [5, 5.41) is 13.8. The number of nitro groups is 1. The van der Waals surface area contributed by atoms with Crippen LogP contribution in [-0.2, 0) is 16.4 Å². The average Bonchev–Trinajstić information content (AvgIpc) is 2.79. The number of nitro benzene ring substituents is 1. The third-order valence-electron chi connectivity index (χ3n) is 4.95. The van der Waals surface area contributed by atoms with Crippen molar-refractivity contribution in [2.75, 3.05) is 16.7 Å².